The van der Waals surface area contributed by atoms with Gasteiger partial charge in [-0.25, -0.2) is 0 Å². The van der Waals surface area contributed by atoms with Crippen molar-refractivity contribution in [2.24, 2.45) is 0 Å². The first-order valence-electron chi connectivity index (χ1n) is 5.54. The van der Waals surface area contributed by atoms with Crippen LogP contribution in [0.15, 0.2) is 61.2 Å². The first kappa shape index (κ1) is 10.9. The molecular weight excluding hydrogens is 208 g/mol. The molecule has 0 unspecified atom stereocenters. The highest BCUT2D eigenvalue weighted by atomic mass is 28.2. The van der Waals surface area contributed by atoms with Gasteiger partial charge < -0.3 is 0 Å². The Morgan fingerprint density at radius 3 is 2.19 bits per heavy atom. The van der Waals surface area contributed by atoms with Crippen LogP contribution >= 0.6 is 0 Å². The standard InChI is InChI=1S/C15H16Si/c1-12-8-10-14(11-9-12)13(2)16-15-6-4-3-5-7-15/h3-11H,2,16H2,1H3. The fourth-order valence-electron chi connectivity index (χ4n) is 1.73. The van der Waals surface area contributed by atoms with Gasteiger partial charge in [-0.1, -0.05) is 77.1 Å². The van der Waals surface area contributed by atoms with Crippen LogP contribution in [0.2, 0.25) is 0 Å². The average Bonchev–Trinajstić information content (AvgIpc) is 2.31. The maximum atomic E-state index is 4.21. The molecule has 0 aliphatic carbocycles. The van der Waals surface area contributed by atoms with Crippen LogP contribution in [0.25, 0.3) is 5.20 Å². The summed E-state index contributed by atoms with van der Waals surface area (Å²) in [5, 5.41) is 2.76. The molecule has 2 aromatic rings. The van der Waals surface area contributed by atoms with Crippen LogP contribution < -0.4 is 5.19 Å². The summed E-state index contributed by atoms with van der Waals surface area (Å²) in [6, 6.07) is 19.3. The zero-order valence-electron chi connectivity index (χ0n) is 9.61. The molecule has 2 aromatic carbocycles. The largest absolute Gasteiger partial charge is 0.0995 e. The first-order valence-corrected chi connectivity index (χ1v) is 6.96. The van der Waals surface area contributed by atoms with E-state index in [0.717, 1.165) is 0 Å². The Hall–Kier alpha value is -1.60. The smallest absolute Gasteiger partial charge is 0.0875 e. The van der Waals surface area contributed by atoms with Gasteiger partial charge in [0, 0.05) is 0 Å². The summed E-state index contributed by atoms with van der Waals surface area (Å²) in [6.07, 6.45) is 0. The third-order valence-corrected chi connectivity index (χ3v) is 4.43. The normalized spacial score (nSPS) is 10.8. The van der Waals surface area contributed by atoms with Gasteiger partial charge in [-0.3, -0.25) is 0 Å². The molecule has 0 aliphatic heterocycles. The van der Waals surface area contributed by atoms with Crippen LogP contribution in [-0.2, 0) is 0 Å². The Balaban J connectivity index is 2.12. The topological polar surface area (TPSA) is 0 Å². The van der Waals surface area contributed by atoms with Crippen molar-refractivity contribution in [1.29, 1.82) is 0 Å². The molecule has 0 fully saturated rings. The van der Waals surface area contributed by atoms with Crippen LogP contribution in [0.1, 0.15) is 11.1 Å². The van der Waals surface area contributed by atoms with E-state index in [4.69, 9.17) is 0 Å². The summed E-state index contributed by atoms with van der Waals surface area (Å²) in [6.45, 7) is 6.32. The molecule has 0 amide bonds. The highest BCUT2D eigenvalue weighted by Gasteiger charge is 2.00. The zero-order chi connectivity index (χ0) is 11.4. The van der Waals surface area contributed by atoms with E-state index in [-0.39, 0.29) is 0 Å². The maximum absolute atomic E-state index is 4.21. The molecule has 0 spiro atoms. The van der Waals surface area contributed by atoms with Crippen molar-refractivity contribution in [2.75, 3.05) is 0 Å². The van der Waals surface area contributed by atoms with E-state index in [9.17, 15) is 0 Å². The summed E-state index contributed by atoms with van der Waals surface area (Å²) in [5.41, 5.74) is 2.60. The molecule has 0 atom stereocenters. The lowest BCUT2D eigenvalue weighted by atomic mass is 10.1. The molecule has 0 saturated carbocycles. The SMILES string of the molecule is C=C([SiH2]c1ccccc1)c1ccc(C)cc1. The Bertz CT molecular complexity index is 469. The van der Waals surface area contributed by atoms with Crippen molar-refractivity contribution >= 4 is 19.9 Å². The minimum atomic E-state index is -0.392. The summed E-state index contributed by atoms with van der Waals surface area (Å²) in [5.74, 6) is 0. The molecule has 0 aliphatic rings. The van der Waals surface area contributed by atoms with Gasteiger partial charge in [0.05, 0.1) is 9.52 Å². The predicted molar refractivity (Wildman–Crippen MR) is 74.8 cm³/mol. The van der Waals surface area contributed by atoms with Gasteiger partial charge in [-0.05, 0) is 12.5 Å². The summed E-state index contributed by atoms with van der Waals surface area (Å²) >= 11 is 0. The monoisotopic (exact) mass is 224 g/mol. The molecule has 0 bridgehead atoms. The molecule has 0 radical (unpaired) electrons. The zero-order valence-corrected chi connectivity index (χ0v) is 11.0. The van der Waals surface area contributed by atoms with Gasteiger partial charge in [-0.15, -0.1) is 0 Å². The minimum absolute atomic E-state index is 0.392. The van der Waals surface area contributed by atoms with Crippen molar-refractivity contribution in [2.45, 2.75) is 6.92 Å². The fraction of sp³-hybridized carbons (Fsp3) is 0.0667. The van der Waals surface area contributed by atoms with Crippen molar-refractivity contribution in [1.82, 2.24) is 0 Å². The highest BCUT2D eigenvalue weighted by Crippen LogP contribution is 2.11. The van der Waals surface area contributed by atoms with E-state index in [1.54, 1.807) is 0 Å². The lowest BCUT2D eigenvalue weighted by molar-refractivity contribution is 1.46. The first-order chi connectivity index (χ1) is 7.75. The van der Waals surface area contributed by atoms with Gasteiger partial charge in [0.15, 0.2) is 0 Å². The third-order valence-electron chi connectivity index (χ3n) is 2.72. The second-order valence-electron chi connectivity index (χ2n) is 4.13. The molecule has 1 heteroatoms. The molecule has 0 aromatic heterocycles. The van der Waals surface area contributed by atoms with E-state index < -0.39 is 9.52 Å². The predicted octanol–water partition coefficient (Wildman–Crippen LogP) is 2.46. The lowest BCUT2D eigenvalue weighted by Crippen LogP contribution is -2.14. The molecule has 80 valence electrons. The number of hydrogen-bond acceptors (Lipinski definition) is 0. The van der Waals surface area contributed by atoms with Crippen LogP contribution in [0.4, 0.5) is 0 Å². The van der Waals surface area contributed by atoms with Gasteiger partial charge in [0.25, 0.3) is 0 Å². The maximum Gasteiger partial charge on any atom is 0.0875 e. The molecule has 0 N–H and O–H groups in total. The van der Waals surface area contributed by atoms with Crippen LogP contribution in [0.3, 0.4) is 0 Å². The lowest BCUT2D eigenvalue weighted by Gasteiger charge is -2.05. The van der Waals surface area contributed by atoms with E-state index in [2.05, 4.69) is 68.1 Å². The minimum Gasteiger partial charge on any atom is -0.0995 e. The van der Waals surface area contributed by atoms with Crippen molar-refractivity contribution < 1.29 is 0 Å². The van der Waals surface area contributed by atoms with Gasteiger partial charge in [-0.2, -0.15) is 0 Å². The summed E-state index contributed by atoms with van der Waals surface area (Å²) < 4.78 is 0. The molecule has 0 heterocycles. The number of rotatable bonds is 3. The summed E-state index contributed by atoms with van der Waals surface area (Å²) in [7, 11) is -0.392. The van der Waals surface area contributed by atoms with Crippen LogP contribution in [0.5, 0.6) is 0 Å². The average molecular weight is 224 g/mol. The Labute approximate surface area is 99.5 Å². The molecule has 2 rings (SSSR count). The molecule has 0 nitrogen and oxygen atoms in total. The van der Waals surface area contributed by atoms with Gasteiger partial charge in [0.2, 0.25) is 0 Å². The second-order valence-corrected chi connectivity index (χ2v) is 6.16. The van der Waals surface area contributed by atoms with E-state index in [1.807, 2.05) is 0 Å². The van der Waals surface area contributed by atoms with Gasteiger partial charge >= 0.3 is 0 Å². The Morgan fingerprint density at radius 1 is 0.938 bits per heavy atom. The number of hydrogen-bond donors (Lipinski definition) is 0. The van der Waals surface area contributed by atoms with Crippen molar-refractivity contribution in [3.05, 3.63) is 72.3 Å². The third kappa shape index (κ3) is 2.71. The van der Waals surface area contributed by atoms with E-state index in [0.29, 0.717) is 0 Å². The van der Waals surface area contributed by atoms with Crippen molar-refractivity contribution in [3.8, 4) is 0 Å². The summed E-state index contributed by atoms with van der Waals surface area (Å²) in [4.78, 5) is 0. The van der Waals surface area contributed by atoms with E-state index in [1.165, 1.54) is 21.5 Å². The van der Waals surface area contributed by atoms with Crippen LogP contribution in [0, 0.1) is 6.92 Å². The Kier molecular flexibility index (Phi) is 3.37. The Morgan fingerprint density at radius 2 is 1.56 bits per heavy atom. The second kappa shape index (κ2) is 4.95. The van der Waals surface area contributed by atoms with Crippen LogP contribution in [-0.4, -0.2) is 9.52 Å². The van der Waals surface area contributed by atoms with Gasteiger partial charge in [0.1, 0.15) is 0 Å². The van der Waals surface area contributed by atoms with E-state index >= 15 is 0 Å². The van der Waals surface area contributed by atoms with Crippen molar-refractivity contribution in [3.63, 3.8) is 0 Å². The molecule has 16 heavy (non-hydrogen) atoms. The number of aryl methyl sites for hydroxylation is 1. The number of benzene rings is 2. The molecule has 0 saturated heterocycles. The fourth-order valence-corrected chi connectivity index (χ4v) is 3.17. The molecular formula is C15H16Si. The quantitative estimate of drug-likeness (QED) is 0.703. The highest BCUT2D eigenvalue weighted by molar-refractivity contribution is 6.72.